The van der Waals surface area contributed by atoms with Gasteiger partial charge in [0.15, 0.2) is 0 Å². The summed E-state index contributed by atoms with van der Waals surface area (Å²) in [6, 6.07) is 3.17. The van der Waals surface area contributed by atoms with E-state index in [1.54, 1.807) is 13.0 Å². The molecule has 0 aliphatic rings. The third-order valence-electron chi connectivity index (χ3n) is 4.03. The molecule has 6 nitrogen and oxygen atoms in total. The van der Waals surface area contributed by atoms with Gasteiger partial charge in [0.1, 0.15) is 0 Å². The Morgan fingerprint density at radius 1 is 1.16 bits per heavy atom. The lowest BCUT2D eigenvalue weighted by molar-refractivity contribution is 0.0940. The third-order valence-corrected chi connectivity index (χ3v) is 5.98. The van der Waals surface area contributed by atoms with Crippen LogP contribution in [-0.4, -0.2) is 52.5 Å². The van der Waals surface area contributed by atoms with E-state index >= 15 is 0 Å². The molecule has 0 radical (unpaired) electrons. The fraction of sp³-hybridized carbons (Fsp3) is 0.611. The molecule has 0 spiro atoms. The van der Waals surface area contributed by atoms with Crippen molar-refractivity contribution in [3.63, 3.8) is 0 Å². The Labute approximate surface area is 151 Å². The van der Waals surface area contributed by atoms with Crippen LogP contribution in [0.5, 0.6) is 0 Å². The maximum Gasteiger partial charge on any atom is 0.251 e. The van der Waals surface area contributed by atoms with Crippen molar-refractivity contribution in [2.24, 2.45) is 0 Å². The predicted octanol–water partition coefficient (Wildman–Crippen LogP) is 2.49. The van der Waals surface area contributed by atoms with E-state index in [4.69, 9.17) is 4.74 Å². The topological polar surface area (TPSA) is 75.7 Å². The van der Waals surface area contributed by atoms with E-state index in [1.807, 2.05) is 6.92 Å². The Bertz CT molecular complexity index is 685. The van der Waals surface area contributed by atoms with Crippen molar-refractivity contribution in [3.05, 3.63) is 28.8 Å². The number of aryl methyl sites for hydroxylation is 1. The van der Waals surface area contributed by atoms with Crippen molar-refractivity contribution < 1.29 is 17.9 Å². The molecule has 0 heterocycles. The summed E-state index contributed by atoms with van der Waals surface area (Å²) in [4.78, 5) is 12.5. The number of rotatable bonds is 10. The monoisotopic (exact) mass is 370 g/mol. The number of sulfonamides is 1. The number of carbonyl (C=O) groups is 1. The van der Waals surface area contributed by atoms with Gasteiger partial charge in [0.05, 0.1) is 4.90 Å². The molecule has 142 valence electrons. The molecule has 0 aromatic heterocycles. The first-order valence-electron chi connectivity index (χ1n) is 8.61. The molecule has 0 fully saturated rings. The molecular formula is C18H30N2O4S. The molecule has 0 unspecified atom stereocenters. The second kappa shape index (κ2) is 9.89. The summed E-state index contributed by atoms with van der Waals surface area (Å²) < 4.78 is 31.5. The van der Waals surface area contributed by atoms with Gasteiger partial charge in [-0.2, -0.15) is 0 Å². The van der Waals surface area contributed by atoms with E-state index in [0.717, 1.165) is 35.7 Å². The Morgan fingerprint density at radius 2 is 1.80 bits per heavy atom. The average molecular weight is 371 g/mol. The zero-order valence-corrected chi connectivity index (χ0v) is 16.7. The van der Waals surface area contributed by atoms with Gasteiger partial charge in [0, 0.05) is 39.4 Å². The minimum Gasteiger partial charge on any atom is -0.381 e. The fourth-order valence-corrected chi connectivity index (χ4v) is 3.47. The summed E-state index contributed by atoms with van der Waals surface area (Å²) in [6.07, 6.45) is 2.86. The fourth-order valence-electron chi connectivity index (χ4n) is 2.25. The maximum atomic E-state index is 12.4. The first-order valence-corrected chi connectivity index (χ1v) is 10.1. The van der Waals surface area contributed by atoms with E-state index in [0.29, 0.717) is 24.3 Å². The summed E-state index contributed by atoms with van der Waals surface area (Å²) in [5.74, 6) is -0.271. The molecule has 1 N–H and O–H groups in total. The summed E-state index contributed by atoms with van der Waals surface area (Å²) in [5.41, 5.74) is 1.79. The largest absolute Gasteiger partial charge is 0.381 e. The summed E-state index contributed by atoms with van der Waals surface area (Å²) in [7, 11) is -0.628. The molecule has 1 aromatic rings. The van der Waals surface area contributed by atoms with Gasteiger partial charge in [0.25, 0.3) is 5.91 Å². The zero-order chi connectivity index (χ0) is 19.0. The molecular weight excluding hydrogens is 340 g/mol. The second-order valence-electron chi connectivity index (χ2n) is 6.28. The lowest BCUT2D eigenvalue weighted by atomic mass is 10.1. The number of carbonyl (C=O) groups excluding carboxylic acids is 1. The van der Waals surface area contributed by atoms with E-state index < -0.39 is 10.0 Å². The SMILES string of the molecule is CCCCOCCCNC(=O)c1cc(C)c(C)c(S(=O)(=O)N(C)C)c1. The highest BCUT2D eigenvalue weighted by molar-refractivity contribution is 7.89. The van der Waals surface area contributed by atoms with Crippen molar-refractivity contribution >= 4 is 15.9 Å². The first-order chi connectivity index (χ1) is 11.7. The highest BCUT2D eigenvalue weighted by Gasteiger charge is 2.22. The van der Waals surface area contributed by atoms with Crippen molar-refractivity contribution in [2.45, 2.75) is 44.9 Å². The number of amides is 1. The number of hydrogen-bond acceptors (Lipinski definition) is 4. The highest BCUT2D eigenvalue weighted by Crippen LogP contribution is 2.23. The van der Waals surface area contributed by atoms with E-state index in [9.17, 15) is 13.2 Å². The molecule has 0 aliphatic carbocycles. The van der Waals surface area contributed by atoms with Crippen LogP contribution in [0.3, 0.4) is 0 Å². The van der Waals surface area contributed by atoms with Crippen LogP contribution in [0.2, 0.25) is 0 Å². The quantitative estimate of drug-likeness (QED) is 0.642. The molecule has 7 heteroatoms. The molecule has 0 aliphatic heterocycles. The van der Waals surface area contributed by atoms with E-state index in [-0.39, 0.29) is 10.8 Å². The normalized spacial score (nSPS) is 11.8. The molecule has 1 aromatic carbocycles. The van der Waals surface area contributed by atoms with Gasteiger partial charge < -0.3 is 10.1 Å². The van der Waals surface area contributed by atoms with Crippen molar-refractivity contribution in [1.82, 2.24) is 9.62 Å². The van der Waals surface area contributed by atoms with Crippen LogP contribution < -0.4 is 5.32 Å². The number of hydrogen-bond donors (Lipinski definition) is 1. The van der Waals surface area contributed by atoms with Gasteiger partial charge in [-0.1, -0.05) is 13.3 Å². The summed E-state index contributed by atoms with van der Waals surface area (Å²) >= 11 is 0. The van der Waals surface area contributed by atoms with Crippen LogP contribution in [0.25, 0.3) is 0 Å². The Hall–Kier alpha value is -1.44. The van der Waals surface area contributed by atoms with Gasteiger partial charge in [-0.3, -0.25) is 4.79 Å². The average Bonchev–Trinajstić information content (AvgIpc) is 2.55. The maximum absolute atomic E-state index is 12.4. The van der Waals surface area contributed by atoms with Crippen molar-refractivity contribution in [2.75, 3.05) is 33.9 Å². The lowest BCUT2D eigenvalue weighted by Crippen LogP contribution is -2.27. The molecule has 1 amide bonds. The Kier molecular flexibility index (Phi) is 8.55. The van der Waals surface area contributed by atoms with Gasteiger partial charge in [0.2, 0.25) is 10.0 Å². The van der Waals surface area contributed by atoms with Gasteiger partial charge >= 0.3 is 0 Å². The molecule has 0 saturated heterocycles. The van der Waals surface area contributed by atoms with Crippen LogP contribution in [0.1, 0.15) is 47.7 Å². The third kappa shape index (κ3) is 6.09. The number of benzene rings is 1. The molecule has 0 bridgehead atoms. The molecule has 0 saturated carbocycles. The second-order valence-corrected chi connectivity index (χ2v) is 8.40. The number of unbranched alkanes of at least 4 members (excludes halogenated alkanes) is 1. The Balaban J connectivity index is 2.76. The smallest absolute Gasteiger partial charge is 0.251 e. The van der Waals surface area contributed by atoms with Crippen molar-refractivity contribution in [1.29, 1.82) is 0 Å². The van der Waals surface area contributed by atoms with Crippen molar-refractivity contribution in [3.8, 4) is 0 Å². The lowest BCUT2D eigenvalue weighted by Gasteiger charge is -2.16. The van der Waals surface area contributed by atoms with Crippen LogP contribution >= 0.6 is 0 Å². The van der Waals surface area contributed by atoms with Crippen LogP contribution in [0.15, 0.2) is 17.0 Å². The molecule has 25 heavy (non-hydrogen) atoms. The van der Waals surface area contributed by atoms with Gasteiger partial charge in [-0.25, -0.2) is 12.7 Å². The summed E-state index contributed by atoms with van der Waals surface area (Å²) in [6.45, 7) is 7.51. The van der Waals surface area contributed by atoms with Gasteiger partial charge in [-0.05, 0) is 49.9 Å². The number of ether oxygens (including phenoxy) is 1. The van der Waals surface area contributed by atoms with Crippen LogP contribution in [-0.2, 0) is 14.8 Å². The summed E-state index contributed by atoms with van der Waals surface area (Å²) in [5, 5.41) is 2.82. The first kappa shape index (κ1) is 21.6. The minimum atomic E-state index is -3.59. The number of nitrogens with one attached hydrogen (secondary N) is 1. The van der Waals surface area contributed by atoms with Gasteiger partial charge in [-0.15, -0.1) is 0 Å². The Morgan fingerprint density at radius 3 is 2.40 bits per heavy atom. The predicted molar refractivity (Wildman–Crippen MR) is 99.5 cm³/mol. The van der Waals surface area contributed by atoms with E-state index in [1.165, 1.54) is 20.2 Å². The number of nitrogens with zero attached hydrogens (tertiary/aromatic N) is 1. The molecule has 1 rings (SSSR count). The highest BCUT2D eigenvalue weighted by atomic mass is 32.2. The standard InChI is InChI=1S/C18H30N2O4S/c1-6-7-10-24-11-8-9-19-18(21)16-12-14(2)15(3)17(13-16)25(22,23)20(4)5/h12-13H,6-11H2,1-5H3,(H,19,21). The van der Waals surface area contributed by atoms with E-state index in [2.05, 4.69) is 12.2 Å². The van der Waals surface area contributed by atoms with Crippen LogP contribution in [0.4, 0.5) is 0 Å². The minimum absolute atomic E-state index is 0.172. The molecule has 0 atom stereocenters. The zero-order valence-electron chi connectivity index (χ0n) is 15.9. The van der Waals surface area contributed by atoms with Crippen LogP contribution in [0, 0.1) is 13.8 Å².